The van der Waals surface area contributed by atoms with Crippen LogP contribution in [0.5, 0.6) is 0 Å². The van der Waals surface area contributed by atoms with E-state index in [2.05, 4.69) is 17.6 Å². The molecule has 0 radical (unpaired) electrons. The molecule has 3 N–H and O–H groups in total. The van der Waals surface area contributed by atoms with Gasteiger partial charge in [0.05, 0.1) is 12.1 Å². The highest BCUT2D eigenvalue weighted by molar-refractivity contribution is 5.74. The van der Waals surface area contributed by atoms with Gasteiger partial charge in [-0.15, -0.1) is 0 Å². The first kappa shape index (κ1) is 15.2. The van der Waals surface area contributed by atoms with Crippen LogP contribution in [0.15, 0.2) is 0 Å². The summed E-state index contributed by atoms with van der Waals surface area (Å²) in [6.07, 6.45) is 4.65. The number of ether oxygens (including phenoxy) is 1. The first-order chi connectivity index (χ1) is 8.67. The topological polar surface area (TPSA) is 70.6 Å². The lowest BCUT2D eigenvalue weighted by Crippen LogP contribution is -2.49. The molecule has 0 saturated carbocycles. The molecule has 18 heavy (non-hydrogen) atoms. The molecule has 3 atom stereocenters. The van der Waals surface area contributed by atoms with Crippen molar-refractivity contribution in [2.75, 3.05) is 13.2 Å². The molecule has 0 aliphatic carbocycles. The number of hydrogen-bond acceptors (Lipinski definition) is 3. The maximum atomic E-state index is 11.8. The predicted molar refractivity (Wildman–Crippen MR) is 70.5 cm³/mol. The van der Waals surface area contributed by atoms with Crippen molar-refractivity contribution >= 4 is 6.03 Å². The zero-order chi connectivity index (χ0) is 13.4. The van der Waals surface area contributed by atoms with Crippen molar-refractivity contribution in [3.8, 4) is 0 Å². The SMILES string of the molecule is CCC(NC(=O)NC(C)CCCO)C1CCCO1. The number of carbonyl (C=O) groups excluding carboxylic acids is 1. The van der Waals surface area contributed by atoms with Gasteiger partial charge in [0.2, 0.25) is 0 Å². The fraction of sp³-hybridized carbons (Fsp3) is 0.923. The molecule has 1 rings (SSSR count). The maximum Gasteiger partial charge on any atom is 0.315 e. The van der Waals surface area contributed by atoms with E-state index < -0.39 is 0 Å². The van der Waals surface area contributed by atoms with Crippen LogP contribution in [0.3, 0.4) is 0 Å². The summed E-state index contributed by atoms with van der Waals surface area (Å²) in [5.74, 6) is 0. The Balaban J connectivity index is 2.28. The Bertz CT molecular complexity index is 242. The Morgan fingerprint density at radius 1 is 1.50 bits per heavy atom. The normalized spacial score (nSPS) is 22.5. The standard InChI is InChI=1S/C13H26N2O3/c1-3-11(12-7-5-9-18-12)15-13(17)14-10(2)6-4-8-16/h10-12,16H,3-9H2,1-2H3,(H2,14,15,17). The second-order valence-corrected chi connectivity index (χ2v) is 4.95. The summed E-state index contributed by atoms with van der Waals surface area (Å²) in [7, 11) is 0. The van der Waals surface area contributed by atoms with Crippen molar-refractivity contribution in [2.24, 2.45) is 0 Å². The van der Waals surface area contributed by atoms with Crippen LogP contribution in [0.25, 0.3) is 0 Å². The van der Waals surface area contributed by atoms with E-state index in [9.17, 15) is 4.79 Å². The summed E-state index contributed by atoms with van der Waals surface area (Å²) >= 11 is 0. The molecule has 1 fully saturated rings. The van der Waals surface area contributed by atoms with Gasteiger partial charge >= 0.3 is 6.03 Å². The first-order valence-corrected chi connectivity index (χ1v) is 6.96. The minimum atomic E-state index is -0.136. The average molecular weight is 258 g/mol. The molecule has 1 heterocycles. The number of carbonyl (C=O) groups is 1. The van der Waals surface area contributed by atoms with Gasteiger partial charge in [-0.05, 0) is 39.0 Å². The lowest BCUT2D eigenvalue weighted by Gasteiger charge is -2.24. The molecular weight excluding hydrogens is 232 g/mol. The molecule has 2 amide bonds. The van der Waals surface area contributed by atoms with Gasteiger partial charge < -0.3 is 20.5 Å². The highest BCUT2D eigenvalue weighted by Gasteiger charge is 2.26. The monoisotopic (exact) mass is 258 g/mol. The lowest BCUT2D eigenvalue weighted by atomic mass is 10.1. The molecule has 0 bridgehead atoms. The molecule has 5 nitrogen and oxygen atoms in total. The zero-order valence-electron chi connectivity index (χ0n) is 11.4. The van der Waals surface area contributed by atoms with E-state index in [-0.39, 0.29) is 30.8 Å². The molecule has 0 aromatic carbocycles. The zero-order valence-corrected chi connectivity index (χ0v) is 11.4. The smallest absolute Gasteiger partial charge is 0.315 e. The van der Waals surface area contributed by atoms with Crippen LogP contribution in [0, 0.1) is 0 Å². The van der Waals surface area contributed by atoms with Gasteiger partial charge in [-0.1, -0.05) is 6.92 Å². The third-order valence-corrected chi connectivity index (χ3v) is 3.34. The van der Waals surface area contributed by atoms with Crippen LogP contribution in [0.2, 0.25) is 0 Å². The third kappa shape index (κ3) is 5.23. The number of nitrogens with one attached hydrogen (secondary N) is 2. The molecule has 0 aromatic rings. The quantitative estimate of drug-likeness (QED) is 0.646. The van der Waals surface area contributed by atoms with E-state index in [4.69, 9.17) is 9.84 Å². The Labute approximate surface area is 109 Å². The van der Waals surface area contributed by atoms with Crippen LogP contribution in [-0.4, -0.2) is 42.5 Å². The number of rotatable bonds is 7. The van der Waals surface area contributed by atoms with E-state index in [0.29, 0.717) is 6.42 Å². The minimum Gasteiger partial charge on any atom is -0.396 e. The van der Waals surface area contributed by atoms with E-state index >= 15 is 0 Å². The summed E-state index contributed by atoms with van der Waals surface area (Å²) in [5, 5.41) is 14.6. The summed E-state index contributed by atoms with van der Waals surface area (Å²) in [4.78, 5) is 11.8. The predicted octanol–water partition coefficient (Wildman–Crippen LogP) is 1.40. The molecule has 3 unspecified atom stereocenters. The Kier molecular flexibility index (Phi) is 7.05. The van der Waals surface area contributed by atoms with Gasteiger partial charge in [-0.3, -0.25) is 0 Å². The minimum absolute atomic E-state index is 0.0825. The van der Waals surface area contributed by atoms with Crippen LogP contribution in [0.1, 0.15) is 46.0 Å². The fourth-order valence-corrected chi connectivity index (χ4v) is 2.28. The highest BCUT2D eigenvalue weighted by Crippen LogP contribution is 2.17. The summed E-state index contributed by atoms with van der Waals surface area (Å²) in [5.41, 5.74) is 0. The van der Waals surface area contributed by atoms with Crippen molar-refractivity contribution in [1.29, 1.82) is 0 Å². The number of urea groups is 1. The van der Waals surface area contributed by atoms with Crippen LogP contribution in [-0.2, 0) is 4.74 Å². The van der Waals surface area contributed by atoms with Gasteiger partial charge in [0, 0.05) is 19.3 Å². The lowest BCUT2D eigenvalue weighted by molar-refractivity contribution is 0.0795. The number of amides is 2. The molecular formula is C13H26N2O3. The Morgan fingerprint density at radius 2 is 2.28 bits per heavy atom. The van der Waals surface area contributed by atoms with Crippen molar-refractivity contribution in [3.63, 3.8) is 0 Å². The first-order valence-electron chi connectivity index (χ1n) is 6.96. The molecule has 106 valence electrons. The number of aliphatic hydroxyl groups excluding tert-OH is 1. The van der Waals surface area contributed by atoms with Crippen molar-refractivity contribution in [3.05, 3.63) is 0 Å². The maximum absolute atomic E-state index is 11.8. The fourth-order valence-electron chi connectivity index (χ4n) is 2.28. The van der Waals surface area contributed by atoms with E-state index in [1.54, 1.807) is 0 Å². The van der Waals surface area contributed by atoms with Gasteiger partial charge in [0.15, 0.2) is 0 Å². The summed E-state index contributed by atoms with van der Waals surface area (Å²) in [6, 6.07) is 0.0412. The average Bonchev–Trinajstić information content (AvgIpc) is 2.87. The van der Waals surface area contributed by atoms with Gasteiger partial charge in [-0.2, -0.15) is 0 Å². The van der Waals surface area contributed by atoms with Gasteiger partial charge in [0.1, 0.15) is 0 Å². The van der Waals surface area contributed by atoms with Crippen molar-refractivity contribution in [1.82, 2.24) is 10.6 Å². The largest absolute Gasteiger partial charge is 0.396 e. The second-order valence-electron chi connectivity index (χ2n) is 4.95. The molecule has 5 heteroatoms. The molecule has 1 saturated heterocycles. The second kappa shape index (κ2) is 8.32. The van der Waals surface area contributed by atoms with Crippen molar-refractivity contribution in [2.45, 2.75) is 64.1 Å². The highest BCUT2D eigenvalue weighted by atomic mass is 16.5. The van der Waals surface area contributed by atoms with Crippen LogP contribution in [0.4, 0.5) is 4.79 Å². The van der Waals surface area contributed by atoms with E-state index in [1.165, 1.54) is 0 Å². The summed E-state index contributed by atoms with van der Waals surface area (Å²) in [6.45, 7) is 4.97. The Hall–Kier alpha value is -0.810. The van der Waals surface area contributed by atoms with Gasteiger partial charge in [0.25, 0.3) is 0 Å². The Morgan fingerprint density at radius 3 is 2.83 bits per heavy atom. The summed E-state index contributed by atoms with van der Waals surface area (Å²) < 4.78 is 5.60. The van der Waals surface area contributed by atoms with Crippen LogP contribution >= 0.6 is 0 Å². The molecule has 1 aliphatic rings. The van der Waals surface area contributed by atoms with Gasteiger partial charge in [-0.25, -0.2) is 4.79 Å². The molecule has 0 spiro atoms. The third-order valence-electron chi connectivity index (χ3n) is 3.34. The van der Waals surface area contributed by atoms with Crippen molar-refractivity contribution < 1.29 is 14.6 Å². The van der Waals surface area contributed by atoms with Crippen LogP contribution < -0.4 is 10.6 Å². The van der Waals surface area contributed by atoms with E-state index in [1.807, 2.05) is 6.92 Å². The number of hydrogen-bond donors (Lipinski definition) is 3. The van der Waals surface area contributed by atoms with E-state index in [0.717, 1.165) is 32.3 Å². The molecule has 0 aromatic heterocycles. The molecule has 1 aliphatic heterocycles. The number of aliphatic hydroxyl groups is 1.